The molecule has 1 amide bonds. The van der Waals surface area contributed by atoms with E-state index in [2.05, 4.69) is 15.5 Å². The van der Waals surface area contributed by atoms with Crippen LogP contribution in [0.25, 0.3) is 0 Å². The Morgan fingerprint density at radius 2 is 2.04 bits per heavy atom. The Balaban J connectivity index is 1.54. The summed E-state index contributed by atoms with van der Waals surface area (Å²) in [6, 6.07) is 13.6. The lowest BCUT2D eigenvalue weighted by Gasteiger charge is -2.05. The third-order valence-corrected chi connectivity index (χ3v) is 4.28. The Morgan fingerprint density at radius 3 is 2.84 bits per heavy atom. The predicted octanol–water partition coefficient (Wildman–Crippen LogP) is 3.86. The van der Waals surface area contributed by atoms with Crippen LogP contribution in [0.3, 0.4) is 0 Å². The van der Waals surface area contributed by atoms with Crippen LogP contribution in [0.4, 0.5) is 9.52 Å². The summed E-state index contributed by atoms with van der Waals surface area (Å²) in [6.45, 7) is 2.46. The van der Waals surface area contributed by atoms with Gasteiger partial charge >= 0.3 is 0 Å². The van der Waals surface area contributed by atoms with Gasteiger partial charge in [0, 0.05) is 6.42 Å². The number of benzene rings is 2. The second kappa shape index (κ2) is 7.85. The van der Waals surface area contributed by atoms with Crippen LogP contribution in [0, 0.1) is 12.7 Å². The number of carbonyl (C=O) groups is 1. The lowest BCUT2D eigenvalue weighted by atomic mass is 10.2. The minimum atomic E-state index is -0.573. The molecule has 25 heavy (non-hydrogen) atoms. The highest BCUT2D eigenvalue weighted by Crippen LogP contribution is 2.18. The summed E-state index contributed by atoms with van der Waals surface area (Å²) in [6.07, 6.45) is 0.571. The molecule has 128 valence electrons. The summed E-state index contributed by atoms with van der Waals surface area (Å²) >= 11 is 1.24. The highest BCUT2D eigenvalue weighted by molar-refractivity contribution is 7.15. The van der Waals surface area contributed by atoms with E-state index in [4.69, 9.17) is 4.74 Å². The molecule has 0 unspecified atom stereocenters. The van der Waals surface area contributed by atoms with Crippen molar-refractivity contribution >= 4 is 22.4 Å². The van der Waals surface area contributed by atoms with Crippen LogP contribution < -0.4 is 10.1 Å². The predicted molar refractivity (Wildman–Crippen MR) is 94.6 cm³/mol. The molecule has 0 atom stereocenters. The molecule has 7 heteroatoms. The number of carbonyl (C=O) groups excluding carboxylic acids is 1. The number of amides is 1. The highest BCUT2D eigenvalue weighted by atomic mass is 32.1. The molecule has 0 saturated carbocycles. The fourth-order valence-corrected chi connectivity index (χ4v) is 2.89. The van der Waals surface area contributed by atoms with E-state index < -0.39 is 11.7 Å². The first-order valence-electron chi connectivity index (χ1n) is 7.69. The highest BCUT2D eigenvalue weighted by Gasteiger charge is 2.13. The van der Waals surface area contributed by atoms with Crippen LogP contribution >= 0.6 is 11.3 Å². The van der Waals surface area contributed by atoms with E-state index in [9.17, 15) is 9.18 Å². The van der Waals surface area contributed by atoms with Gasteiger partial charge in [-0.1, -0.05) is 35.6 Å². The van der Waals surface area contributed by atoms with Crippen LogP contribution in [0.2, 0.25) is 0 Å². The number of ether oxygens (including phenoxy) is 1. The minimum Gasteiger partial charge on any atom is -0.493 e. The summed E-state index contributed by atoms with van der Waals surface area (Å²) in [5.41, 5.74) is 1.11. The fraction of sp³-hybridized carbons (Fsp3) is 0.167. The molecule has 0 radical (unpaired) electrons. The molecule has 5 nitrogen and oxygen atoms in total. The van der Waals surface area contributed by atoms with Gasteiger partial charge in [0.2, 0.25) is 5.13 Å². The first-order valence-corrected chi connectivity index (χ1v) is 8.51. The van der Waals surface area contributed by atoms with Gasteiger partial charge in [0.15, 0.2) is 0 Å². The number of halogens is 1. The van der Waals surface area contributed by atoms with Crippen LogP contribution in [0.5, 0.6) is 5.75 Å². The van der Waals surface area contributed by atoms with E-state index in [0.29, 0.717) is 18.2 Å². The molecular formula is C18H16FN3O2S. The van der Waals surface area contributed by atoms with Crippen LogP contribution in [-0.4, -0.2) is 22.7 Å². The molecule has 0 aliphatic carbocycles. The van der Waals surface area contributed by atoms with Crippen molar-refractivity contribution in [2.24, 2.45) is 0 Å². The molecular weight excluding hydrogens is 341 g/mol. The maximum absolute atomic E-state index is 13.6. The zero-order valence-electron chi connectivity index (χ0n) is 13.5. The largest absolute Gasteiger partial charge is 0.493 e. The fourth-order valence-electron chi connectivity index (χ4n) is 2.18. The van der Waals surface area contributed by atoms with Gasteiger partial charge in [-0.25, -0.2) is 4.39 Å². The average molecular weight is 357 g/mol. The molecule has 1 aromatic heterocycles. The third kappa shape index (κ3) is 4.60. The Hall–Kier alpha value is -2.80. The Kier molecular flexibility index (Phi) is 5.35. The lowest BCUT2D eigenvalue weighted by Crippen LogP contribution is -2.13. The van der Waals surface area contributed by atoms with Crippen molar-refractivity contribution in [2.75, 3.05) is 11.9 Å². The SMILES string of the molecule is Cc1cccc(OCCc2nnc(NC(=O)c3ccccc3F)s2)c1. The van der Waals surface area contributed by atoms with Gasteiger partial charge in [-0.2, -0.15) is 0 Å². The van der Waals surface area contributed by atoms with Crippen molar-refractivity contribution in [1.82, 2.24) is 10.2 Å². The second-order valence-corrected chi connectivity index (χ2v) is 6.41. The van der Waals surface area contributed by atoms with Gasteiger partial charge in [-0.15, -0.1) is 10.2 Å². The topological polar surface area (TPSA) is 64.1 Å². The summed E-state index contributed by atoms with van der Waals surface area (Å²) in [7, 11) is 0. The van der Waals surface area contributed by atoms with Gasteiger partial charge in [-0.05, 0) is 36.8 Å². The van der Waals surface area contributed by atoms with Gasteiger partial charge < -0.3 is 4.74 Å². The summed E-state index contributed by atoms with van der Waals surface area (Å²) in [4.78, 5) is 12.0. The zero-order valence-corrected chi connectivity index (χ0v) is 14.3. The van der Waals surface area contributed by atoms with Crippen LogP contribution in [0.15, 0.2) is 48.5 Å². The van der Waals surface area contributed by atoms with Crippen molar-refractivity contribution in [3.8, 4) is 5.75 Å². The monoisotopic (exact) mass is 357 g/mol. The molecule has 0 saturated heterocycles. The number of nitrogens with one attached hydrogen (secondary N) is 1. The number of nitrogens with zero attached hydrogens (tertiary/aromatic N) is 2. The van der Waals surface area contributed by atoms with Crippen molar-refractivity contribution < 1.29 is 13.9 Å². The first kappa shape index (κ1) is 17.0. The van der Waals surface area contributed by atoms with Gasteiger partial charge in [0.25, 0.3) is 5.91 Å². The number of hydrogen-bond acceptors (Lipinski definition) is 5. The maximum Gasteiger partial charge on any atom is 0.260 e. The molecule has 3 rings (SSSR count). The molecule has 0 aliphatic rings. The molecule has 0 spiro atoms. The first-order chi connectivity index (χ1) is 12.1. The molecule has 0 fully saturated rings. The second-order valence-electron chi connectivity index (χ2n) is 5.35. The van der Waals surface area contributed by atoms with Crippen LogP contribution in [-0.2, 0) is 6.42 Å². The Morgan fingerprint density at radius 1 is 1.20 bits per heavy atom. The summed E-state index contributed by atoms with van der Waals surface area (Å²) in [5.74, 6) is -0.314. The van der Waals surface area contributed by atoms with E-state index in [-0.39, 0.29) is 5.56 Å². The Bertz CT molecular complexity index is 882. The van der Waals surface area contributed by atoms with E-state index in [1.54, 1.807) is 6.07 Å². The Labute approximate surface area is 148 Å². The van der Waals surface area contributed by atoms with Crippen molar-refractivity contribution in [3.05, 3.63) is 70.5 Å². The summed E-state index contributed by atoms with van der Waals surface area (Å²) < 4.78 is 19.3. The summed E-state index contributed by atoms with van der Waals surface area (Å²) in [5, 5.41) is 11.5. The molecule has 1 heterocycles. The van der Waals surface area contributed by atoms with Crippen LogP contribution in [0.1, 0.15) is 20.9 Å². The zero-order chi connectivity index (χ0) is 17.6. The molecule has 0 aliphatic heterocycles. The third-order valence-electron chi connectivity index (χ3n) is 3.38. The molecule has 2 aromatic carbocycles. The molecule has 3 aromatic rings. The average Bonchev–Trinajstić information content (AvgIpc) is 3.02. The van der Waals surface area contributed by atoms with Crippen molar-refractivity contribution in [3.63, 3.8) is 0 Å². The lowest BCUT2D eigenvalue weighted by molar-refractivity contribution is 0.102. The number of aromatic nitrogens is 2. The van der Waals surface area contributed by atoms with Crippen molar-refractivity contribution in [1.29, 1.82) is 0 Å². The number of hydrogen-bond donors (Lipinski definition) is 1. The van der Waals surface area contributed by atoms with Gasteiger partial charge in [-0.3, -0.25) is 10.1 Å². The van der Waals surface area contributed by atoms with E-state index in [1.165, 1.54) is 29.5 Å². The quantitative estimate of drug-likeness (QED) is 0.728. The number of aryl methyl sites for hydroxylation is 1. The van der Waals surface area contributed by atoms with Gasteiger partial charge in [0.05, 0.1) is 12.2 Å². The minimum absolute atomic E-state index is 0.0259. The normalized spacial score (nSPS) is 10.5. The van der Waals surface area contributed by atoms with E-state index in [1.807, 2.05) is 31.2 Å². The van der Waals surface area contributed by atoms with E-state index >= 15 is 0 Å². The van der Waals surface area contributed by atoms with Gasteiger partial charge in [0.1, 0.15) is 16.6 Å². The standard InChI is InChI=1S/C18H16FN3O2S/c1-12-5-4-6-13(11-12)24-10-9-16-21-22-18(25-16)20-17(23)14-7-2-3-8-15(14)19/h2-8,11H,9-10H2,1H3,(H,20,22,23). The smallest absolute Gasteiger partial charge is 0.260 e. The van der Waals surface area contributed by atoms with E-state index in [0.717, 1.165) is 16.3 Å². The maximum atomic E-state index is 13.6. The molecule has 1 N–H and O–H groups in total. The number of rotatable bonds is 6. The van der Waals surface area contributed by atoms with Crippen molar-refractivity contribution in [2.45, 2.75) is 13.3 Å². The number of anilines is 1. The molecule has 0 bridgehead atoms.